The van der Waals surface area contributed by atoms with E-state index in [4.69, 9.17) is 0 Å². The van der Waals surface area contributed by atoms with Gasteiger partial charge in [0.25, 0.3) is 0 Å². The molecule has 2 rings (SSSR count). The monoisotopic (exact) mass is 354 g/mol. The van der Waals surface area contributed by atoms with Crippen molar-refractivity contribution in [2.24, 2.45) is 0 Å². The average molecular weight is 354 g/mol. The van der Waals surface area contributed by atoms with Crippen LogP contribution in [0.15, 0.2) is 28.6 Å². The number of nitrogens with zero attached hydrogens (tertiary/aromatic N) is 2. The van der Waals surface area contributed by atoms with Crippen molar-refractivity contribution in [3.63, 3.8) is 0 Å². The van der Waals surface area contributed by atoms with Crippen LogP contribution in [0.5, 0.6) is 0 Å². The van der Waals surface area contributed by atoms with E-state index in [0.29, 0.717) is 18.2 Å². The summed E-state index contributed by atoms with van der Waals surface area (Å²) in [6.45, 7) is 5.10. The van der Waals surface area contributed by atoms with Gasteiger partial charge in [-0.2, -0.15) is 0 Å². The molecule has 1 aromatic heterocycles. The summed E-state index contributed by atoms with van der Waals surface area (Å²) in [6.07, 6.45) is 0.916. The molecule has 1 atom stereocenters. The van der Waals surface area contributed by atoms with Crippen molar-refractivity contribution in [2.75, 3.05) is 11.9 Å². The van der Waals surface area contributed by atoms with E-state index in [1.165, 1.54) is 35.2 Å². The number of hydrogen-bond acceptors (Lipinski definition) is 6. The third-order valence-electron chi connectivity index (χ3n) is 2.96. The first-order valence-corrected chi connectivity index (χ1v) is 9.04. The number of carbonyl (C=O) groups is 1. The zero-order valence-corrected chi connectivity index (χ0v) is 14.6. The molecule has 0 saturated heterocycles. The van der Waals surface area contributed by atoms with Gasteiger partial charge < -0.3 is 10.6 Å². The molecule has 8 heteroatoms. The normalized spacial score (nSPS) is 12.0. The lowest BCUT2D eigenvalue weighted by Crippen LogP contribution is -2.31. The maximum absolute atomic E-state index is 12.8. The van der Waals surface area contributed by atoms with Gasteiger partial charge in [-0.3, -0.25) is 4.79 Å². The third kappa shape index (κ3) is 5.80. The summed E-state index contributed by atoms with van der Waals surface area (Å²) in [5.74, 6) is -0.244. The topological polar surface area (TPSA) is 66.9 Å². The van der Waals surface area contributed by atoms with Crippen molar-refractivity contribution in [1.82, 2.24) is 15.5 Å². The van der Waals surface area contributed by atoms with E-state index in [9.17, 15) is 9.18 Å². The van der Waals surface area contributed by atoms with Gasteiger partial charge in [0.2, 0.25) is 11.0 Å². The summed E-state index contributed by atoms with van der Waals surface area (Å²) < 4.78 is 13.6. The van der Waals surface area contributed by atoms with Crippen LogP contribution >= 0.6 is 23.1 Å². The minimum Gasteiger partial charge on any atom is -0.356 e. The molecule has 2 aromatic rings. The Balaban J connectivity index is 1.83. The molecule has 1 aromatic carbocycles. The number of aromatic nitrogens is 2. The third-order valence-corrected chi connectivity index (χ3v) is 5.02. The van der Waals surface area contributed by atoms with Gasteiger partial charge in [-0.15, -0.1) is 10.2 Å². The predicted octanol–water partition coefficient (Wildman–Crippen LogP) is 3.30. The Bertz CT molecular complexity index is 633. The van der Waals surface area contributed by atoms with Crippen LogP contribution in [-0.4, -0.2) is 27.9 Å². The molecule has 0 radical (unpaired) electrons. The van der Waals surface area contributed by atoms with Crippen molar-refractivity contribution in [2.45, 2.75) is 36.4 Å². The Morgan fingerprint density at radius 1 is 1.35 bits per heavy atom. The summed E-state index contributed by atoms with van der Waals surface area (Å²) in [7, 11) is 0. The Hall–Kier alpha value is -1.67. The molecule has 0 aliphatic rings. The first-order chi connectivity index (χ1) is 11.1. The van der Waals surface area contributed by atoms with Gasteiger partial charge in [0, 0.05) is 13.1 Å². The van der Waals surface area contributed by atoms with E-state index in [2.05, 4.69) is 20.8 Å². The molecule has 0 aliphatic heterocycles. The van der Waals surface area contributed by atoms with Crippen LogP contribution in [0.1, 0.15) is 25.8 Å². The predicted molar refractivity (Wildman–Crippen MR) is 92.3 cm³/mol. The molecule has 23 heavy (non-hydrogen) atoms. The average Bonchev–Trinajstić information content (AvgIpc) is 2.99. The van der Waals surface area contributed by atoms with Crippen molar-refractivity contribution >= 4 is 34.1 Å². The maximum atomic E-state index is 12.8. The number of carbonyl (C=O) groups excluding carboxylic acids is 1. The minimum atomic E-state index is -0.251. The summed E-state index contributed by atoms with van der Waals surface area (Å²) in [5, 5.41) is 14.6. The molecule has 124 valence electrons. The number of amides is 1. The fourth-order valence-corrected chi connectivity index (χ4v) is 3.62. The highest BCUT2D eigenvalue weighted by molar-refractivity contribution is 8.02. The van der Waals surface area contributed by atoms with Crippen molar-refractivity contribution in [3.05, 3.63) is 35.6 Å². The molecule has 0 aliphatic carbocycles. The fraction of sp³-hybridized carbons (Fsp3) is 0.400. The number of nitrogens with one attached hydrogen (secondary N) is 2. The number of hydrogen-bond donors (Lipinski definition) is 2. The van der Waals surface area contributed by atoms with Gasteiger partial charge in [-0.05, 0) is 31.0 Å². The SMILES string of the molecule is CCCNC(=O)C(C)Sc1nnc(NCc2ccc(F)cc2)s1. The number of benzene rings is 1. The summed E-state index contributed by atoms with van der Waals surface area (Å²) in [6, 6.07) is 6.29. The van der Waals surface area contributed by atoms with Crippen LogP contribution in [0.25, 0.3) is 0 Å². The van der Waals surface area contributed by atoms with Crippen molar-refractivity contribution < 1.29 is 9.18 Å². The highest BCUT2D eigenvalue weighted by Gasteiger charge is 2.16. The zero-order valence-electron chi connectivity index (χ0n) is 13.0. The second kappa shape index (κ2) is 8.83. The number of rotatable bonds is 8. The Labute approximate surface area is 143 Å². The van der Waals surface area contributed by atoms with Crippen molar-refractivity contribution in [3.8, 4) is 0 Å². The van der Waals surface area contributed by atoms with Crippen LogP contribution in [0.2, 0.25) is 0 Å². The van der Waals surface area contributed by atoms with E-state index in [-0.39, 0.29) is 17.0 Å². The molecule has 0 saturated carbocycles. The van der Waals surface area contributed by atoms with E-state index < -0.39 is 0 Å². The summed E-state index contributed by atoms with van der Waals surface area (Å²) in [4.78, 5) is 11.8. The summed E-state index contributed by atoms with van der Waals surface area (Å²) in [5.41, 5.74) is 0.961. The van der Waals surface area contributed by atoms with Crippen molar-refractivity contribution in [1.29, 1.82) is 0 Å². The lowest BCUT2D eigenvalue weighted by Gasteiger charge is -2.08. The van der Waals surface area contributed by atoms with Gasteiger partial charge in [-0.1, -0.05) is 42.2 Å². The van der Waals surface area contributed by atoms with Gasteiger partial charge in [0.1, 0.15) is 5.82 Å². The van der Waals surface area contributed by atoms with E-state index >= 15 is 0 Å². The Morgan fingerprint density at radius 2 is 2.09 bits per heavy atom. The van der Waals surface area contributed by atoms with Crippen LogP contribution in [0.4, 0.5) is 9.52 Å². The molecule has 1 amide bonds. The highest BCUT2D eigenvalue weighted by atomic mass is 32.2. The lowest BCUT2D eigenvalue weighted by atomic mass is 10.2. The Kier molecular flexibility index (Phi) is 6.79. The second-order valence-electron chi connectivity index (χ2n) is 4.90. The van der Waals surface area contributed by atoms with E-state index in [1.807, 2.05) is 13.8 Å². The first-order valence-electron chi connectivity index (χ1n) is 7.34. The molecule has 1 heterocycles. The summed E-state index contributed by atoms with van der Waals surface area (Å²) >= 11 is 2.79. The largest absolute Gasteiger partial charge is 0.356 e. The van der Waals surface area contributed by atoms with E-state index in [1.54, 1.807) is 12.1 Å². The molecule has 5 nitrogen and oxygen atoms in total. The molecule has 1 unspecified atom stereocenters. The van der Waals surface area contributed by atoms with Gasteiger partial charge >= 0.3 is 0 Å². The lowest BCUT2D eigenvalue weighted by molar-refractivity contribution is -0.120. The van der Waals surface area contributed by atoms with Gasteiger partial charge in [0.05, 0.1) is 5.25 Å². The maximum Gasteiger partial charge on any atom is 0.233 e. The first kappa shape index (κ1) is 17.7. The Morgan fingerprint density at radius 3 is 2.78 bits per heavy atom. The minimum absolute atomic E-state index is 0.00729. The van der Waals surface area contributed by atoms with Gasteiger partial charge in [-0.25, -0.2) is 4.39 Å². The second-order valence-corrected chi connectivity index (χ2v) is 7.47. The number of anilines is 1. The van der Waals surface area contributed by atoms with Gasteiger partial charge in [0.15, 0.2) is 4.34 Å². The molecule has 2 N–H and O–H groups in total. The standard InChI is InChI=1S/C15H19FN4OS2/c1-3-8-17-13(21)10(2)22-15-20-19-14(23-15)18-9-11-4-6-12(16)7-5-11/h4-7,10H,3,8-9H2,1-2H3,(H,17,21)(H,18,19). The fourth-order valence-electron chi connectivity index (χ4n) is 1.71. The molecule has 0 fully saturated rings. The molecule has 0 spiro atoms. The van der Waals surface area contributed by atoms with E-state index in [0.717, 1.165) is 16.3 Å². The van der Waals surface area contributed by atoms with Crippen LogP contribution < -0.4 is 10.6 Å². The van der Waals surface area contributed by atoms with Crippen LogP contribution in [-0.2, 0) is 11.3 Å². The number of thioether (sulfide) groups is 1. The quantitative estimate of drug-likeness (QED) is 0.712. The molecule has 0 bridgehead atoms. The van der Waals surface area contributed by atoms with Crippen LogP contribution in [0, 0.1) is 5.82 Å². The highest BCUT2D eigenvalue weighted by Crippen LogP contribution is 2.29. The smallest absolute Gasteiger partial charge is 0.233 e. The zero-order chi connectivity index (χ0) is 16.7. The molecular weight excluding hydrogens is 335 g/mol. The number of halogens is 1. The van der Waals surface area contributed by atoms with Crippen LogP contribution in [0.3, 0.4) is 0 Å². The molecular formula is C15H19FN4OS2.